The van der Waals surface area contributed by atoms with Crippen LogP contribution < -0.4 is 9.47 Å². The molecular weight excluding hydrogens is 425 g/mol. The number of imide groups is 1. The number of thioether (sulfide) groups is 1. The van der Waals surface area contributed by atoms with E-state index in [4.69, 9.17) is 9.47 Å². The van der Waals surface area contributed by atoms with Crippen molar-refractivity contribution >= 4 is 35.0 Å². The molecule has 0 aromatic heterocycles. The Hall–Kier alpha value is -3.33. The van der Waals surface area contributed by atoms with Gasteiger partial charge >= 0.3 is 5.97 Å². The number of carbonyl (C=O) groups is 3. The van der Waals surface area contributed by atoms with Gasteiger partial charge in [-0.05, 0) is 48.5 Å². The highest BCUT2D eigenvalue weighted by Crippen LogP contribution is 2.35. The Labute approximate surface area is 182 Å². The number of benzene rings is 2. The number of amides is 2. The van der Waals surface area contributed by atoms with Crippen LogP contribution in [0, 0.1) is 5.82 Å². The average Bonchev–Trinajstić information content (AvgIpc) is 3.05. The molecule has 1 aliphatic rings. The maximum Gasteiger partial charge on any atom is 0.328 e. The topological polar surface area (TPSA) is 82.1 Å². The largest absolute Gasteiger partial charge is 0.493 e. The van der Waals surface area contributed by atoms with Crippen molar-refractivity contribution in [1.82, 2.24) is 4.90 Å². The zero-order chi connectivity index (χ0) is 22.5. The molecule has 0 saturated carbocycles. The van der Waals surface area contributed by atoms with Gasteiger partial charge in [0.15, 0.2) is 11.5 Å². The van der Waals surface area contributed by atoms with Gasteiger partial charge in [-0.2, -0.15) is 0 Å². The minimum atomic E-state index is -1.02. The van der Waals surface area contributed by atoms with Crippen molar-refractivity contribution in [1.29, 1.82) is 0 Å². The number of halogens is 1. The standard InChI is InChI=1S/C22H20FNO6S/c1-13(21(26)29-3)24-20(25)19(31-22(24)27)11-14-8-9-17(18(10-14)28-2)30-12-15-6-4-5-7-16(15)23/h4-11,13H,12H2,1-3H3/b19-11+/t13-/m0/s1. The lowest BCUT2D eigenvalue weighted by Crippen LogP contribution is -2.42. The third kappa shape index (κ3) is 4.88. The van der Waals surface area contributed by atoms with Gasteiger partial charge in [-0.1, -0.05) is 24.3 Å². The number of methoxy groups -OCH3 is 2. The number of esters is 1. The number of carbonyl (C=O) groups excluding carboxylic acids is 3. The second kappa shape index (κ2) is 9.65. The molecule has 162 valence electrons. The smallest absolute Gasteiger partial charge is 0.328 e. The fraction of sp³-hybridized carbons (Fsp3) is 0.227. The van der Waals surface area contributed by atoms with Crippen LogP contribution in [-0.2, 0) is 20.9 Å². The molecule has 1 fully saturated rings. The number of hydrogen-bond acceptors (Lipinski definition) is 7. The molecule has 2 amide bonds. The predicted molar refractivity (Wildman–Crippen MR) is 113 cm³/mol. The van der Waals surface area contributed by atoms with E-state index in [1.165, 1.54) is 33.3 Å². The molecule has 3 rings (SSSR count). The second-order valence-electron chi connectivity index (χ2n) is 6.54. The molecule has 2 aromatic carbocycles. The summed E-state index contributed by atoms with van der Waals surface area (Å²) in [6.45, 7) is 1.45. The SMILES string of the molecule is COC(=O)[C@H](C)N1C(=O)S/C(=C/c2ccc(OCc3ccccc3F)c(OC)c2)C1=O. The number of hydrogen-bond donors (Lipinski definition) is 0. The molecule has 0 bridgehead atoms. The van der Waals surface area contributed by atoms with Crippen LogP contribution in [-0.4, -0.2) is 42.3 Å². The van der Waals surface area contributed by atoms with Crippen LogP contribution >= 0.6 is 11.8 Å². The van der Waals surface area contributed by atoms with Crippen molar-refractivity contribution in [2.24, 2.45) is 0 Å². The van der Waals surface area contributed by atoms with Gasteiger partial charge in [-0.25, -0.2) is 9.18 Å². The summed E-state index contributed by atoms with van der Waals surface area (Å²) >= 11 is 0.737. The molecule has 0 unspecified atom stereocenters. The molecule has 0 radical (unpaired) electrons. The molecule has 1 aliphatic heterocycles. The first-order chi connectivity index (χ1) is 14.8. The van der Waals surface area contributed by atoms with Crippen LogP contribution in [0.2, 0.25) is 0 Å². The quantitative estimate of drug-likeness (QED) is 0.470. The molecule has 1 heterocycles. The summed E-state index contributed by atoms with van der Waals surface area (Å²) in [6.07, 6.45) is 1.53. The summed E-state index contributed by atoms with van der Waals surface area (Å²) in [5, 5.41) is -0.550. The van der Waals surface area contributed by atoms with E-state index in [2.05, 4.69) is 4.74 Å². The Balaban J connectivity index is 1.78. The van der Waals surface area contributed by atoms with Crippen LogP contribution in [0.5, 0.6) is 11.5 Å². The van der Waals surface area contributed by atoms with E-state index in [1.54, 1.807) is 36.4 Å². The molecule has 0 aliphatic carbocycles. The van der Waals surface area contributed by atoms with Gasteiger partial charge in [0.2, 0.25) is 0 Å². The van der Waals surface area contributed by atoms with Crippen LogP contribution in [0.15, 0.2) is 47.4 Å². The normalized spacial score (nSPS) is 15.9. The van der Waals surface area contributed by atoms with Crippen molar-refractivity contribution in [3.8, 4) is 11.5 Å². The van der Waals surface area contributed by atoms with Crippen molar-refractivity contribution < 1.29 is 33.0 Å². The van der Waals surface area contributed by atoms with E-state index in [1.807, 2.05) is 0 Å². The van der Waals surface area contributed by atoms with Crippen LogP contribution in [0.1, 0.15) is 18.1 Å². The van der Waals surface area contributed by atoms with Crippen LogP contribution in [0.3, 0.4) is 0 Å². The first-order valence-electron chi connectivity index (χ1n) is 9.24. The lowest BCUT2D eigenvalue weighted by molar-refractivity contribution is -0.148. The van der Waals surface area contributed by atoms with Gasteiger partial charge in [-0.15, -0.1) is 0 Å². The Morgan fingerprint density at radius 2 is 1.90 bits per heavy atom. The summed E-state index contributed by atoms with van der Waals surface area (Å²) in [7, 11) is 2.65. The van der Waals surface area contributed by atoms with Crippen molar-refractivity contribution in [3.05, 3.63) is 64.3 Å². The van der Waals surface area contributed by atoms with Gasteiger partial charge in [0.1, 0.15) is 18.5 Å². The molecular formula is C22H20FNO6S. The van der Waals surface area contributed by atoms with Crippen molar-refractivity contribution in [2.75, 3.05) is 14.2 Å². The van der Waals surface area contributed by atoms with Gasteiger partial charge in [-0.3, -0.25) is 14.5 Å². The van der Waals surface area contributed by atoms with E-state index >= 15 is 0 Å². The first-order valence-corrected chi connectivity index (χ1v) is 10.1. The summed E-state index contributed by atoms with van der Waals surface area (Å²) in [5.74, 6) is -0.842. The maximum absolute atomic E-state index is 13.8. The highest BCUT2D eigenvalue weighted by atomic mass is 32.2. The summed E-state index contributed by atoms with van der Waals surface area (Å²) in [5.41, 5.74) is 0.994. The molecule has 1 saturated heterocycles. The van der Waals surface area contributed by atoms with Crippen molar-refractivity contribution in [2.45, 2.75) is 19.6 Å². The lowest BCUT2D eigenvalue weighted by Gasteiger charge is -2.18. The first kappa shape index (κ1) is 22.4. The highest BCUT2D eigenvalue weighted by Gasteiger charge is 2.41. The van der Waals surface area contributed by atoms with E-state index < -0.39 is 23.2 Å². The predicted octanol–water partition coefficient (Wildman–Crippen LogP) is 4.01. The molecule has 0 N–H and O–H groups in total. The molecule has 1 atom stereocenters. The molecule has 31 heavy (non-hydrogen) atoms. The van der Waals surface area contributed by atoms with Crippen molar-refractivity contribution in [3.63, 3.8) is 0 Å². The van der Waals surface area contributed by atoms with Gasteiger partial charge in [0, 0.05) is 5.56 Å². The van der Waals surface area contributed by atoms with Gasteiger partial charge < -0.3 is 14.2 Å². The zero-order valence-electron chi connectivity index (χ0n) is 17.1. The average molecular weight is 445 g/mol. The molecule has 2 aromatic rings. The van der Waals surface area contributed by atoms with E-state index in [0.29, 0.717) is 22.6 Å². The Bertz CT molecular complexity index is 1050. The highest BCUT2D eigenvalue weighted by molar-refractivity contribution is 8.18. The monoisotopic (exact) mass is 445 g/mol. The Kier molecular flexibility index (Phi) is 6.96. The molecule has 7 nitrogen and oxygen atoms in total. The second-order valence-corrected chi connectivity index (χ2v) is 7.53. The minimum absolute atomic E-state index is 0.0205. The Morgan fingerprint density at radius 1 is 1.16 bits per heavy atom. The van der Waals surface area contributed by atoms with Crippen LogP contribution in [0.4, 0.5) is 9.18 Å². The summed E-state index contributed by atoms with van der Waals surface area (Å²) in [4.78, 5) is 37.6. The fourth-order valence-electron chi connectivity index (χ4n) is 2.91. The zero-order valence-corrected chi connectivity index (χ0v) is 17.9. The van der Waals surface area contributed by atoms with E-state index in [9.17, 15) is 18.8 Å². The van der Waals surface area contributed by atoms with E-state index in [0.717, 1.165) is 16.7 Å². The van der Waals surface area contributed by atoms with Gasteiger partial charge in [0.25, 0.3) is 11.1 Å². The molecule has 0 spiro atoms. The third-order valence-corrected chi connectivity index (χ3v) is 5.46. The van der Waals surface area contributed by atoms with E-state index in [-0.39, 0.29) is 17.3 Å². The number of nitrogens with zero attached hydrogens (tertiary/aromatic N) is 1. The van der Waals surface area contributed by atoms with Crippen LogP contribution in [0.25, 0.3) is 6.08 Å². The maximum atomic E-state index is 13.8. The summed E-state index contributed by atoms with van der Waals surface area (Å²) < 4.78 is 29.4. The fourth-order valence-corrected chi connectivity index (χ4v) is 3.81. The lowest BCUT2D eigenvalue weighted by atomic mass is 10.1. The third-order valence-electron chi connectivity index (χ3n) is 4.58. The molecule has 9 heteroatoms. The Morgan fingerprint density at radius 3 is 2.58 bits per heavy atom. The number of rotatable bonds is 7. The number of ether oxygens (including phenoxy) is 3. The summed E-state index contributed by atoms with van der Waals surface area (Å²) in [6, 6.07) is 10.2. The minimum Gasteiger partial charge on any atom is -0.493 e. The van der Waals surface area contributed by atoms with Gasteiger partial charge in [0.05, 0.1) is 19.1 Å².